The number of carbonyl (C=O) groups is 2. The summed E-state index contributed by atoms with van der Waals surface area (Å²) < 4.78 is 16.4. The molecule has 0 aromatic heterocycles. The van der Waals surface area contributed by atoms with Crippen molar-refractivity contribution in [1.29, 1.82) is 0 Å². The van der Waals surface area contributed by atoms with Gasteiger partial charge in [-0.1, -0.05) is 12.1 Å². The van der Waals surface area contributed by atoms with E-state index in [0.29, 0.717) is 11.1 Å². The summed E-state index contributed by atoms with van der Waals surface area (Å²) in [7, 11) is 1.43. The number of Topliss-reactive ketones (excluding diaryl/α,β-unsaturated/α-hetero) is 2. The Morgan fingerprint density at radius 2 is 1.05 bits per heavy atom. The van der Waals surface area contributed by atoms with Crippen LogP contribution in [-0.4, -0.2) is 54.4 Å². The number of ether oxygens (including phenoxy) is 3. The van der Waals surface area contributed by atoms with Gasteiger partial charge in [0, 0.05) is 24.3 Å². The van der Waals surface area contributed by atoms with E-state index in [1.807, 2.05) is 0 Å². The fourth-order valence-electron chi connectivity index (χ4n) is 4.86. The highest BCUT2D eigenvalue weighted by Crippen LogP contribution is 2.44. The zero-order valence-electron chi connectivity index (χ0n) is 22.5. The number of hydrogen-bond acceptors (Lipinski definition) is 12. The molecule has 7 N–H and O–H groups in total. The molecule has 43 heavy (non-hydrogen) atoms. The number of benzene rings is 4. The first kappa shape index (κ1) is 28.7. The van der Waals surface area contributed by atoms with Gasteiger partial charge in [-0.25, -0.2) is 0 Å². The van der Waals surface area contributed by atoms with Gasteiger partial charge >= 0.3 is 0 Å². The number of ketones is 2. The van der Waals surface area contributed by atoms with Gasteiger partial charge in [-0.05, 0) is 35.4 Å². The molecule has 12 heteroatoms. The average molecular weight is 591 g/mol. The fourth-order valence-corrected chi connectivity index (χ4v) is 4.86. The molecular weight excluding hydrogens is 564 g/mol. The van der Waals surface area contributed by atoms with Gasteiger partial charge < -0.3 is 50.0 Å². The number of phenolic OH excluding ortho intramolecular Hbond substituents is 7. The van der Waals surface area contributed by atoms with Gasteiger partial charge in [-0.2, -0.15) is 0 Å². The Morgan fingerprint density at radius 3 is 1.51 bits per heavy atom. The van der Waals surface area contributed by atoms with E-state index in [0.717, 1.165) is 12.1 Å². The summed E-state index contributed by atoms with van der Waals surface area (Å²) in [5, 5.41) is 66.9. The first-order valence-corrected chi connectivity index (χ1v) is 12.9. The van der Waals surface area contributed by atoms with Gasteiger partial charge in [0.2, 0.25) is 0 Å². The van der Waals surface area contributed by atoms with Crippen molar-refractivity contribution in [2.45, 2.75) is 25.0 Å². The second-order valence-corrected chi connectivity index (χ2v) is 9.82. The summed E-state index contributed by atoms with van der Waals surface area (Å²) in [6, 6.07) is 13.5. The van der Waals surface area contributed by atoms with Crippen LogP contribution in [0.2, 0.25) is 0 Å². The SMILES string of the molecule is COc1cc(C2CC(=O)c3c(O)cc(O)cc3O2)ccc1O.O=C1CC(c2ccc(O)c(O)c2)Oc2cc(O)cc(O)c21. The lowest BCUT2D eigenvalue weighted by molar-refractivity contribution is 0.0834. The molecule has 222 valence electrons. The standard InChI is InChI=1S/C16H14O6.C15H12O6/c1-21-14-4-8(2-3-10(14)18)13-7-12(20)16-11(19)5-9(17)6-15(16)22-13;16-8-4-11(19)15-12(20)6-13(21-14(15)5-8)7-1-2-9(17)10(18)3-7/h2-6,13,17-19H,7H2,1H3;1-5,13,16-19H,6H2. The van der Waals surface area contributed by atoms with Gasteiger partial charge in [0.05, 0.1) is 20.0 Å². The number of aromatic hydroxyl groups is 7. The smallest absolute Gasteiger partial charge is 0.174 e. The van der Waals surface area contributed by atoms with Crippen molar-refractivity contribution < 1.29 is 59.5 Å². The van der Waals surface area contributed by atoms with Crippen LogP contribution in [0.5, 0.6) is 57.5 Å². The van der Waals surface area contributed by atoms with Crippen molar-refractivity contribution in [2.75, 3.05) is 7.11 Å². The molecule has 0 bridgehead atoms. The Bertz CT molecular complexity index is 1750. The lowest BCUT2D eigenvalue weighted by Crippen LogP contribution is -2.20. The third-order valence-corrected chi connectivity index (χ3v) is 6.92. The van der Waals surface area contributed by atoms with Crippen molar-refractivity contribution in [2.24, 2.45) is 0 Å². The minimum absolute atomic E-state index is 0.0101. The van der Waals surface area contributed by atoms with Gasteiger partial charge in [-0.3, -0.25) is 9.59 Å². The molecule has 0 saturated heterocycles. The lowest BCUT2D eigenvalue weighted by Gasteiger charge is -2.26. The normalized spacial score (nSPS) is 17.0. The lowest BCUT2D eigenvalue weighted by atomic mass is 9.95. The van der Waals surface area contributed by atoms with Gasteiger partial charge in [0.1, 0.15) is 57.8 Å². The fraction of sp³-hybridized carbons (Fsp3) is 0.161. The van der Waals surface area contributed by atoms with Crippen molar-refractivity contribution >= 4 is 11.6 Å². The zero-order valence-corrected chi connectivity index (χ0v) is 22.5. The molecular formula is C31H26O12. The minimum atomic E-state index is -0.669. The molecule has 2 aliphatic heterocycles. The summed E-state index contributed by atoms with van der Waals surface area (Å²) in [5.41, 5.74) is 1.26. The van der Waals surface area contributed by atoms with Crippen molar-refractivity contribution in [3.8, 4) is 57.5 Å². The van der Waals surface area contributed by atoms with Gasteiger partial charge in [-0.15, -0.1) is 0 Å². The maximum Gasteiger partial charge on any atom is 0.174 e. The number of hydrogen-bond donors (Lipinski definition) is 7. The highest BCUT2D eigenvalue weighted by Gasteiger charge is 2.32. The largest absolute Gasteiger partial charge is 0.508 e. The van der Waals surface area contributed by atoms with Crippen LogP contribution in [0.15, 0.2) is 60.7 Å². The molecule has 6 rings (SSSR count). The predicted molar refractivity (Wildman–Crippen MR) is 149 cm³/mol. The first-order chi connectivity index (χ1) is 20.4. The maximum absolute atomic E-state index is 12.2. The molecule has 2 heterocycles. The summed E-state index contributed by atoms with van der Waals surface area (Å²) in [6.07, 6.45) is -1.23. The third-order valence-electron chi connectivity index (χ3n) is 6.92. The van der Waals surface area contributed by atoms with E-state index in [9.17, 15) is 45.3 Å². The Morgan fingerprint density at radius 1 is 0.581 bits per heavy atom. The Hall–Kier alpha value is -5.78. The minimum Gasteiger partial charge on any atom is -0.508 e. The second kappa shape index (κ2) is 11.2. The molecule has 0 radical (unpaired) electrons. The number of fused-ring (bicyclic) bond motifs is 2. The predicted octanol–water partition coefficient (Wildman–Crippen LogP) is 4.73. The van der Waals surface area contributed by atoms with Crippen LogP contribution in [-0.2, 0) is 0 Å². The summed E-state index contributed by atoms with van der Waals surface area (Å²) in [6.45, 7) is 0. The third kappa shape index (κ3) is 5.71. The first-order valence-electron chi connectivity index (χ1n) is 12.9. The second-order valence-electron chi connectivity index (χ2n) is 9.82. The van der Waals surface area contributed by atoms with Crippen molar-refractivity contribution in [3.63, 3.8) is 0 Å². The number of methoxy groups -OCH3 is 1. The Balaban J connectivity index is 0.000000171. The molecule has 2 aliphatic rings. The highest BCUT2D eigenvalue weighted by atomic mass is 16.5. The van der Waals surface area contributed by atoms with E-state index in [-0.39, 0.29) is 93.0 Å². The van der Waals surface area contributed by atoms with E-state index < -0.39 is 12.2 Å². The van der Waals surface area contributed by atoms with E-state index in [2.05, 4.69) is 0 Å². The van der Waals surface area contributed by atoms with Crippen LogP contribution in [0.1, 0.15) is 56.9 Å². The Kier molecular flexibility index (Phi) is 7.51. The van der Waals surface area contributed by atoms with Gasteiger partial charge in [0.25, 0.3) is 0 Å². The quantitative estimate of drug-likeness (QED) is 0.162. The molecule has 0 amide bonds. The topological polar surface area (TPSA) is 203 Å². The van der Waals surface area contributed by atoms with E-state index in [1.54, 1.807) is 12.1 Å². The molecule has 2 unspecified atom stereocenters. The number of rotatable bonds is 3. The van der Waals surface area contributed by atoms with E-state index in [4.69, 9.17) is 14.2 Å². The van der Waals surface area contributed by atoms with Gasteiger partial charge in [0.15, 0.2) is 34.6 Å². The van der Waals surface area contributed by atoms with Crippen LogP contribution >= 0.6 is 0 Å². The summed E-state index contributed by atoms with van der Waals surface area (Å²) >= 11 is 0. The molecule has 0 saturated carbocycles. The van der Waals surface area contributed by atoms with Crippen LogP contribution in [0.4, 0.5) is 0 Å². The molecule has 0 spiro atoms. The van der Waals surface area contributed by atoms with Crippen LogP contribution in [0.25, 0.3) is 0 Å². The number of carbonyl (C=O) groups excluding carboxylic acids is 2. The Labute approximate surface area is 243 Å². The molecule has 4 aromatic carbocycles. The van der Waals surface area contributed by atoms with Crippen molar-refractivity contribution in [3.05, 3.63) is 82.9 Å². The summed E-state index contributed by atoms with van der Waals surface area (Å²) in [4.78, 5) is 24.3. The maximum atomic E-state index is 12.2. The van der Waals surface area contributed by atoms with Crippen molar-refractivity contribution in [1.82, 2.24) is 0 Å². The van der Waals surface area contributed by atoms with E-state index in [1.165, 1.54) is 43.5 Å². The molecule has 2 atom stereocenters. The summed E-state index contributed by atoms with van der Waals surface area (Å²) in [5.74, 6) is -1.74. The molecule has 0 fully saturated rings. The van der Waals surface area contributed by atoms with Crippen LogP contribution in [0.3, 0.4) is 0 Å². The monoisotopic (exact) mass is 590 g/mol. The highest BCUT2D eigenvalue weighted by molar-refractivity contribution is 6.03. The molecule has 0 aliphatic carbocycles. The van der Waals surface area contributed by atoms with Crippen LogP contribution < -0.4 is 14.2 Å². The molecule has 4 aromatic rings. The number of phenols is 7. The molecule has 12 nitrogen and oxygen atoms in total. The zero-order chi connectivity index (χ0) is 31.0. The van der Waals surface area contributed by atoms with Crippen LogP contribution in [0, 0.1) is 0 Å². The average Bonchev–Trinajstić information content (AvgIpc) is 2.94. The van der Waals surface area contributed by atoms with E-state index >= 15 is 0 Å².